The van der Waals surface area contributed by atoms with Crippen LogP contribution in [0.5, 0.6) is 0 Å². The number of alkyl halides is 2. The quantitative estimate of drug-likeness (QED) is 0.757. The first kappa shape index (κ1) is 17.0. The van der Waals surface area contributed by atoms with Crippen LogP contribution in [0, 0.1) is 0 Å². The average Bonchev–Trinajstić information content (AvgIpc) is 3.05. The predicted octanol–water partition coefficient (Wildman–Crippen LogP) is 3.88. The van der Waals surface area contributed by atoms with Crippen molar-refractivity contribution in [2.45, 2.75) is 25.7 Å². The van der Waals surface area contributed by atoms with E-state index in [2.05, 4.69) is 13.0 Å². The average molecular weight is 353 g/mol. The van der Waals surface area contributed by atoms with E-state index in [1.54, 1.807) is 6.07 Å². The monoisotopic (exact) mass is 353 g/mol. The SMILES string of the molecule is CCCCON1CC(F)(F)C=c2ccc3c(c21)C(c1ccccc1)=CC=3. The molecule has 0 fully saturated rings. The zero-order valence-corrected chi connectivity index (χ0v) is 14.7. The summed E-state index contributed by atoms with van der Waals surface area (Å²) in [5, 5.41) is 2.96. The van der Waals surface area contributed by atoms with Gasteiger partial charge in [-0.3, -0.25) is 4.84 Å². The standard InChI is InChI=1S/C22H21F2NO/c1-2-3-13-26-25-15-22(23,24)14-18-10-9-17-11-12-19(20(17)21(18)25)16-7-5-4-6-8-16/h4-12,14H,2-3,13,15H2,1H3. The Bertz CT molecular complexity index is 964. The van der Waals surface area contributed by atoms with E-state index in [9.17, 15) is 8.78 Å². The number of allylic oxidation sites excluding steroid dienone is 1. The summed E-state index contributed by atoms with van der Waals surface area (Å²) in [6, 6.07) is 13.7. The van der Waals surface area contributed by atoms with Gasteiger partial charge >= 0.3 is 0 Å². The number of hydrogen-bond acceptors (Lipinski definition) is 2. The lowest BCUT2D eigenvalue weighted by Gasteiger charge is -2.32. The molecule has 134 valence electrons. The summed E-state index contributed by atoms with van der Waals surface area (Å²) in [5.74, 6) is -2.91. The zero-order chi connectivity index (χ0) is 18.1. The van der Waals surface area contributed by atoms with Gasteiger partial charge in [0.05, 0.1) is 12.3 Å². The van der Waals surface area contributed by atoms with Crippen molar-refractivity contribution < 1.29 is 13.6 Å². The van der Waals surface area contributed by atoms with Crippen LogP contribution in [-0.2, 0) is 4.84 Å². The molecule has 26 heavy (non-hydrogen) atoms. The van der Waals surface area contributed by atoms with Crippen LogP contribution in [0.4, 0.5) is 14.5 Å². The van der Waals surface area contributed by atoms with Crippen molar-refractivity contribution in [3.05, 3.63) is 70.1 Å². The highest BCUT2D eigenvalue weighted by Gasteiger charge is 2.36. The third-order valence-electron chi connectivity index (χ3n) is 4.74. The molecule has 0 radical (unpaired) electrons. The van der Waals surface area contributed by atoms with E-state index in [1.807, 2.05) is 42.5 Å². The number of hydrogen-bond donors (Lipinski definition) is 0. The fourth-order valence-electron chi connectivity index (χ4n) is 3.52. The van der Waals surface area contributed by atoms with E-state index in [0.717, 1.165) is 46.5 Å². The van der Waals surface area contributed by atoms with Gasteiger partial charge < -0.3 is 0 Å². The number of unbranched alkanes of at least 4 members (excludes halogenated alkanes) is 1. The molecule has 2 nitrogen and oxygen atoms in total. The van der Waals surface area contributed by atoms with E-state index in [1.165, 1.54) is 5.06 Å². The summed E-state index contributed by atoms with van der Waals surface area (Å²) < 4.78 is 28.4. The van der Waals surface area contributed by atoms with Gasteiger partial charge in [0.2, 0.25) is 0 Å². The maximum Gasteiger partial charge on any atom is 0.287 e. The van der Waals surface area contributed by atoms with Gasteiger partial charge in [-0.1, -0.05) is 68.0 Å². The number of nitrogens with zero attached hydrogens (tertiary/aromatic N) is 1. The van der Waals surface area contributed by atoms with Gasteiger partial charge in [-0.25, -0.2) is 5.06 Å². The molecule has 1 heterocycles. The van der Waals surface area contributed by atoms with Crippen molar-refractivity contribution in [2.24, 2.45) is 0 Å². The molecule has 0 saturated heterocycles. The van der Waals surface area contributed by atoms with Crippen LogP contribution in [-0.4, -0.2) is 19.1 Å². The molecule has 0 saturated carbocycles. The van der Waals surface area contributed by atoms with Crippen molar-refractivity contribution in [2.75, 3.05) is 18.2 Å². The Labute approximate surface area is 151 Å². The smallest absolute Gasteiger partial charge is 0.273 e. The Kier molecular flexibility index (Phi) is 4.37. The number of benzene rings is 2. The van der Waals surface area contributed by atoms with Crippen LogP contribution >= 0.6 is 0 Å². The molecule has 2 aliphatic rings. The van der Waals surface area contributed by atoms with Crippen LogP contribution in [0.25, 0.3) is 17.7 Å². The van der Waals surface area contributed by atoms with Crippen molar-refractivity contribution in [3.63, 3.8) is 0 Å². The fourth-order valence-corrected chi connectivity index (χ4v) is 3.52. The van der Waals surface area contributed by atoms with Gasteiger partial charge in [-0.15, -0.1) is 0 Å². The highest BCUT2D eigenvalue weighted by atomic mass is 19.3. The van der Waals surface area contributed by atoms with Crippen molar-refractivity contribution in [1.29, 1.82) is 0 Å². The summed E-state index contributed by atoms with van der Waals surface area (Å²) in [7, 11) is 0. The van der Waals surface area contributed by atoms with E-state index in [-0.39, 0.29) is 0 Å². The number of fused-ring (bicyclic) bond motifs is 3. The molecule has 1 aliphatic carbocycles. The van der Waals surface area contributed by atoms with Crippen LogP contribution in [0.2, 0.25) is 0 Å². The molecule has 0 atom stereocenters. The maximum absolute atomic E-state index is 14.2. The van der Waals surface area contributed by atoms with Gasteiger partial charge in [0.1, 0.15) is 6.54 Å². The lowest BCUT2D eigenvalue weighted by Crippen LogP contribution is -2.45. The normalized spacial score (nSPS) is 17.0. The third kappa shape index (κ3) is 3.06. The largest absolute Gasteiger partial charge is 0.287 e. The molecular weight excluding hydrogens is 332 g/mol. The third-order valence-corrected chi connectivity index (χ3v) is 4.74. The zero-order valence-electron chi connectivity index (χ0n) is 14.7. The second-order valence-electron chi connectivity index (χ2n) is 6.71. The minimum Gasteiger partial charge on any atom is -0.273 e. The summed E-state index contributed by atoms with van der Waals surface area (Å²) in [4.78, 5) is 5.79. The maximum atomic E-state index is 14.2. The van der Waals surface area contributed by atoms with Crippen LogP contribution in [0.15, 0.2) is 48.5 Å². The van der Waals surface area contributed by atoms with E-state index in [4.69, 9.17) is 4.84 Å². The molecule has 0 unspecified atom stereocenters. The number of hydroxylamine groups is 1. The minimum atomic E-state index is -2.91. The first-order valence-corrected chi connectivity index (χ1v) is 9.01. The van der Waals surface area contributed by atoms with Crippen LogP contribution < -0.4 is 15.5 Å². The Morgan fingerprint density at radius 2 is 1.81 bits per heavy atom. The lowest BCUT2D eigenvalue weighted by atomic mass is 9.95. The first-order valence-electron chi connectivity index (χ1n) is 9.01. The Morgan fingerprint density at radius 3 is 2.58 bits per heavy atom. The van der Waals surface area contributed by atoms with Crippen LogP contribution in [0.1, 0.15) is 30.9 Å². The summed E-state index contributed by atoms with van der Waals surface area (Å²) >= 11 is 0. The summed E-state index contributed by atoms with van der Waals surface area (Å²) in [6.45, 7) is 2.03. The Balaban J connectivity index is 1.86. The molecule has 0 N–H and O–H groups in total. The van der Waals surface area contributed by atoms with E-state index >= 15 is 0 Å². The molecule has 4 heteroatoms. The van der Waals surface area contributed by atoms with Gasteiger partial charge in [0.25, 0.3) is 5.92 Å². The molecule has 0 bridgehead atoms. The van der Waals surface area contributed by atoms with Crippen LogP contribution in [0.3, 0.4) is 0 Å². The first-order chi connectivity index (χ1) is 12.6. The molecular formula is C22H21F2NO. The van der Waals surface area contributed by atoms with Crippen molar-refractivity contribution >= 4 is 23.4 Å². The van der Waals surface area contributed by atoms with Gasteiger partial charge in [0.15, 0.2) is 0 Å². The minimum absolute atomic E-state index is 0.434. The molecule has 1 aliphatic heterocycles. The topological polar surface area (TPSA) is 12.5 Å². The lowest BCUT2D eigenvalue weighted by molar-refractivity contribution is 0.0203. The van der Waals surface area contributed by atoms with Gasteiger partial charge in [0, 0.05) is 10.8 Å². The number of rotatable bonds is 5. The predicted molar refractivity (Wildman–Crippen MR) is 101 cm³/mol. The summed E-state index contributed by atoms with van der Waals surface area (Å²) in [5.41, 5.74) is 3.83. The molecule has 2 aromatic rings. The molecule has 4 rings (SSSR count). The van der Waals surface area contributed by atoms with E-state index in [0.29, 0.717) is 11.8 Å². The van der Waals surface area contributed by atoms with E-state index < -0.39 is 12.5 Å². The Morgan fingerprint density at radius 1 is 1.04 bits per heavy atom. The van der Waals surface area contributed by atoms with Gasteiger partial charge in [-0.05, 0) is 28.9 Å². The molecule has 0 aromatic heterocycles. The second-order valence-corrected chi connectivity index (χ2v) is 6.71. The number of anilines is 1. The molecule has 0 amide bonds. The van der Waals surface area contributed by atoms with Gasteiger partial charge in [-0.2, -0.15) is 8.78 Å². The van der Waals surface area contributed by atoms with Crippen molar-refractivity contribution in [3.8, 4) is 0 Å². The molecule has 2 aromatic carbocycles. The molecule has 0 spiro atoms. The fraction of sp³-hybridized carbons (Fsp3) is 0.273. The highest BCUT2D eigenvalue weighted by Crippen LogP contribution is 2.34. The Hall–Kier alpha value is -2.46. The second kappa shape index (κ2) is 6.69. The summed E-state index contributed by atoms with van der Waals surface area (Å²) in [6.07, 6.45) is 6.94. The van der Waals surface area contributed by atoms with Crippen molar-refractivity contribution in [1.82, 2.24) is 0 Å². The number of halogens is 2. The highest BCUT2D eigenvalue weighted by molar-refractivity contribution is 5.93.